The molecule has 16 atom stereocenters. The summed E-state index contributed by atoms with van der Waals surface area (Å²) in [7, 11) is 0. The van der Waals surface area contributed by atoms with Crippen molar-refractivity contribution in [3.63, 3.8) is 0 Å². The van der Waals surface area contributed by atoms with E-state index in [2.05, 4.69) is 96.9 Å². The zero-order valence-corrected chi connectivity index (χ0v) is 57.4. The molecule has 0 amide bonds. The first-order chi connectivity index (χ1) is 40.3. The first-order valence-electron chi connectivity index (χ1n) is 37.2. The average Bonchev–Trinajstić information content (AvgIpc) is 2.92. The maximum Gasteiger partial charge on any atom is 0.309 e. The highest BCUT2D eigenvalue weighted by molar-refractivity contribution is 5.75. The molecule has 0 aromatic heterocycles. The van der Waals surface area contributed by atoms with Gasteiger partial charge in [-0.15, -0.1) is 0 Å². The van der Waals surface area contributed by atoms with E-state index in [1.165, 1.54) is 161 Å². The molecule has 0 aromatic carbocycles. The first kappa shape index (κ1) is 71.0. The Morgan fingerprint density at radius 2 is 0.917 bits per heavy atom. The fraction of sp³-hybridized carbons (Fsp3) is 0.947. The van der Waals surface area contributed by atoms with Crippen LogP contribution in [-0.4, -0.2) is 46.3 Å². The zero-order chi connectivity index (χ0) is 61.2. The summed E-state index contributed by atoms with van der Waals surface area (Å²) < 4.78 is 24.4. The Morgan fingerprint density at radius 1 is 0.452 bits per heavy atom. The number of carbonyl (C=O) groups excluding carboxylic acids is 4. The van der Waals surface area contributed by atoms with Crippen LogP contribution in [0, 0.1) is 94.7 Å². The van der Waals surface area contributed by atoms with Crippen LogP contribution in [0.2, 0.25) is 0 Å². The van der Waals surface area contributed by atoms with Gasteiger partial charge in [-0.05, 0) is 251 Å². The Labute approximate surface area is 517 Å². The Balaban J connectivity index is 0.000000180. The smallest absolute Gasteiger partial charge is 0.309 e. The molecule has 9 rings (SSSR count). The molecule has 0 aromatic rings. The topological polar surface area (TPSA) is 105 Å². The van der Waals surface area contributed by atoms with E-state index in [1.807, 2.05) is 0 Å². The Bertz CT molecular complexity index is 1960. The molecule has 0 radical (unpaired) electrons. The van der Waals surface area contributed by atoms with Gasteiger partial charge in [0.25, 0.3) is 0 Å². The number of hydrogen-bond donors (Lipinski definition) is 0. The summed E-state index contributed by atoms with van der Waals surface area (Å²) in [6, 6.07) is 0. The molecule has 0 heterocycles. The summed E-state index contributed by atoms with van der Waals surface area (Å²) in [5.41, 5.74) is -0.627. The fourth-order valence-electron chi connectivity index (χ4n) is 19.5. The maximum absolute atomic E-state index is 12.8. The molecule has 0 aliphatic heterocycles. The van der Waals surface area contributed by atoms with Crippen molar-refractivity contribution < 1.29 is 38.1 Å². The van der Waals surface area contributed by atoms with E-state index < -0.39 is 0 Å². The van der Waals surface area contributed by atoms with Gasteiger partial charge >= 0.3 is 23.9 Å². The summed E-state index contributed by atoms with van der Waals surface area (Å²) in [4.78, 5) is 50.7. The van der Waals surface area contributed by atoms with E-state index in [0.717, 1.165) is 118 Å². The minimum atomic E-state index is -0.278. The van der Waals surface area contributed by atoms with Gasteiger partial charge in [-0.25, -0.2) is 0 Å². The van der Waals surface area contributed by atoms with Gasteiger partial charge in [0.15, 0.2) is 0 Å². The van der Waals surface area contributed by atoms with Gasteiger partial charge in [-0.1, -0.05) is 160 Å². The van der Waals surface area contributed by atoms with Gasteiger partial charge in [0.1, 0.15) is 22.4 Å². The molecule has 8 nitrogen and oxygen atoms in total. The van der Waals surface area contributed by atoms with Crippen LogP contribution in [-0.2, 0) is 38.1 Å². The van der Waals surface area contributed by atoms with Crippen molar-refractivity contribution in [1.82, 2.24) is 0 Å². The summed E-state index contributed by atoms with van der Waals surface area (Å²) >= 11 is 0. The number of carbonyl (C=O) groups is 4. The Morgan fingerprint density at radius 3 is 1.40 bits per heavy atom. The minimum Gasteiger partial charge on any atom is -0.459 e. The van der Waals surface area contributed by atoms with Crippen molar-refractivity contribution in [2.75, 3.05) is 0 Å². The SMILES string of the molecule is CCC1CC(CC)C(C(=O)OC(C)(C)C2CCCCC2)C1.CCC1CC(CC)C(C(=O)OC2(CC)CCCC2)C1.CCC1CC(CC)C(C(C)C(=O)OC2(CC)CCCCC2)C1.CCC1CC(CC)C(CC(=O)OC2(CC)CC3CCC2C3)C1. The standard InChI is InChI=1S/C20H34O2.C20H36O2.C19H34O2.C17H30O2/c1-4-14-9-16(5-2)17(10-14)12-19(21)22-20(6-3)13-15-7-8-18(20)11-15;1-5-16-13-17(6-2)18(14-16)15(4)19(21)22-20(7-3)11-9-8-10-12-20;1-5-14-12-15(6-2)17(13-14)18(20)21-19(3,4)16-10-8-7-9-11-16;1-4-13-11-14(5-2)15(12-13)16(18)19-17(6-3)9-7-8-10-17/h14-18H,4-13H2,1-3H3;15-18H,5-14H2,1-4H3;14-17H,5-13H2,1-4H3;13-15H,4-12H2,1-3H3. The second-order valence-corrected chi connectivity index (χ2v) is 30.8. The Kier molecular flexibility index (Phi) is 28.4. The van der Waals surface area contributed by atoms with Crippen LogP contribution in [0.3, 0.4) is 0 Å². The average molecular weight is 1180 g/mol. The molecule has 0 spiro atoms. The van der Waals surface area contributed by atoms with E-state index in [4.69, 9.17) is 18.9 Å². The van der Waals surface area contributed by atoms with Gasteiger partial charge < -0.3 is 18.9 Å². The van der Waals surface area contributed by atoms with Crippen LogP contribution in [0.4, 0.5) is 0 Å². The third-order valence-corrected chi connectivity index (χ3v) is 25.8. The van der Waals surface area contributed by atoms with Crippen LogP contribution in [0.15, 0.2) is 0 Å². The third kappa shape index (κ3) is 18.5. The highest BCUT2D eigenvalue weighted by Gasteiger charge is 2.53. The quantitative estimate of drug-likeness (QED) is 0.0780. The van der Waals surface area contributed by atoms with Gasteiger partial charge in [0.05, 0.1) is 17.8 Å². The van der Waals surface area contributed by atoms with Gasteiger partial charge in [-0.3, -0.25) is 19.2 Å². The lowest BCUT2D eigenvalue weighted by atomic mass is 9.78. The molecule has 8 heteroatoms. The van der Waals surface area contributed by atoms with Crippen molar-refractivity contribution in [3.8, 4) is 0 Å². The van der Waals surface area contributed by atoms with Gasteiger partial charge in [-0.2, -0.15) is 0 Å². The molecular weight excluding hydrogens is 1040 g/mol. The molecule has 16 unspecified atom stereocenters. The molecule has 0 saturated heterocycles. The van der Waals surface area contributed by atoms with Crippen molar-refractivity contribution >= 4 is 23.9 Å². The van der Waals surface area contributed by atoms with E-state index in [9.17, 15) is 19.2 Å². The molecule has 486 valence electrons. The predicted octanol–water partition coefficient (Wildman–Crippen LogP) is 21.2. The molecule has 0 N–H and O–H groups in total. The number of hydrogen-bond acceptors (Lipinski definition) is 8. The molecule has 9 fully saturated rings. The second kappa shape index (κ2) is 33.6. The van der Waals surface area contributed by atoms with Crippen LogP contribution < -0.4 is 0 Å². The predicted molar refractivity (Wildman–Crippen MR) is 346 cm³/mol. The summed E-state index contributed by atoms with van der Waals surface area (Å²) in [6.07, 6.45) is 44.9. The molecular formula is C76H134O8. The van der Waals surface area contributed by atoms with E-state index in [-0.39, 0.29) is 64.0 Å². The molecule has 9 aliphatic carbocycles. The monoisotopic (exact) mass is 1180 g/mol. The van der Waals surface area contributed by atoms with Gasteiger partial charge in [0, 0.05) is 6.42 Å². The summed E-state index contributed by atoms with van der Waals surface area (Å²) in [5.74, 6) is 9.67. The minimum absolute atomic E-state index is 0.0758. The second-order valence-electron chi connectivity index (χ2n) is 30.8. The van der Waals surface area contributed by atoms with Gasteiger partial charge in [0.2, 0.25) is 0 Å². The molecule has 84 heavy (non-hydrogen) atoms. The third-order valence-electron chi connectivity index (χ3n) is 25.8. The number of esters is 4. The maximum atomic E-state index is 12.8. The Hall–Kier alpha value is -2.12. The van der Waals surface area contributed by atoms with Crippen molar-refractivity contribution in [3.05, 3.63) is 0 Å². The number of rotatable bonds is 22. The van der Waals surface area contributed by atoms with Crippen LogP contribution in [0.25, 0.3) is 0 Å². The molecule has 2 bridgehead atoms. The van der Waals surface area contributed by atoms with E-state index >= 15 is 0 Å². The summed E-state index contributed by atoms with van der Waals surface area (Å²) in [6.45, 7) is 31.0. The van der Waals surface area contributed by atoms with Crippen molar-refractivity contribution in [2.24, 2.45) is 94.7 Å². The number of ether oxygens (including phenoxy) is 4. The lowest BCUT2D eigenvalue weighted by Crippen LogP contribution is -2.40. The highest BCUT2D eigenvalue weighted by atomic mass is 16.6. The lowest BCUT2D eigenvalue weighted by molar-refractivity contribution is -0.171. The normalized spacial score (nSPS) is 35.4. The largest absolute Gasteiger partial charge is 0.459 e. The van der Waals surface area contributed by atoms with Crippen LogP contribution in [0.5, 0.6) is 0 Å². The zero-order valence-electron chi connectivity index (χ0n) is 57.4. The van der Waals surface area contributed by atoms with Crippen LogP contribution in [0.1, 0.15) is 341 Å². The lowest BCUT2D eigenvalue weighted by Gasteiger charge is -2.37. The molecule has 9 saturated carbocycles. The van der Waals surface area contributed by atoms with Crippen molar-refractivity contribution in [1.29, 1.82) is 0 Å². The first-order valence-corrected chi connectivity index (χ1v) is 37.2. The molecule has 9 aliphatic rings. The van der Waals surface area contributed by atoms with E-state index in [0.29, 0.717) is 41.9 Å². The van der Waals surface area contributed by atoms with Crippen LogP contribution >= 0.6 is 0 Å². The van der Waals surface area contributed by atoms with E-state index in [1.54, 1.807) is 0 Å². The van der Waals surface area contributed by atoms with Crippen molar-refractivity contribution in [2.45, 2.75) is 363 Å². The number of fused-ring (bicyclic) bond motifs is 2. The fourth-order valence-corrected chi connectivity index (χ4v) is 19.5. The highest BCUT2D eigenvalue weighted by Crippen LogP contribution is 2.55. The summed E-state index contributed by atoms with van der Waals surface area (Å²) in [5, 5.41) is 0.